The molecule has 2 rings (SSSR count). The summed E-state index contributed by atoms with van der Waals surface area (Å²) in [6.45, 7) is 0.161. The molecule has 1 N–H and O–H groups in total. The van der Waals surface area contributed by atoms with Crippen molar-refractivity contribution in [1.82, 2.24) is 4.72 Å². The highest BCUT2D eigenvalue weighted by Crippen LogP contribution is 2.20. The number of ether oxygens (including phenoxy) is 1. The second-order valence-electron chi connectivity index (χ2n) is 4.72. The second kappa shape index (κ2) is 8.24. The minimum atomic E-state index is -3.66. The molecule has 0 bridgehead atoms. The number of nitrogens with one attached hydrogen (secondary N) is 1. The minimum absolute atomic E-state index is 0.0166. The zero-order valence-electron chi connectivity index (χ0n) is 12.2. The number of halogens is 1. The fourth-order valence-electron chi connectivity index (χ4n) is 1.84. The molecular formula is C16H16BrNO4S. The summed E-state index contributed by atoms with van der Waals surface area (Å²) in [4.78, 5) is 11.8. The molecule has 0 amide bonds. The van der Waals surface area contributed by atoms with Crippen molar-refractivity contribution in [3.05, 3.63) is 64.6 Å². The fraction of sp³-hybridized carbons (Fsp3) is 0.188. The van der Waals surface area contributed by atoms with Gasteiger partial charge in [-0.25, -0.2) is 13.1 Å². The summed E-state index contributed by atoms with van der Waals surface area (Å²) in [5.41, 5.74) is 0.884. The molecule has 0 spiro atoms. The maximum Gasteiger partial charge on any atom is 0.307 e. The van der Waals surface area contributed by atoms with Gasteiger partial charge in [0.2, 0.25) is 10.0 Å². The highest BCUT2D eigenvalue weighted by atomic mass is 79.9. The Balaban J connectivity index is 1.80. The van der Waals surface area contributed by atoms with Crippen LogP contribution in [0.4, 0.5) is 0 Å². The molecule has 0 radical (unpaired) electrons. The molecule has 0 fully saturated rings. The molecule has 0 aromatic heterocycles. The van der Waals surface area contributed by atoms with E-state index in [2.05, 4.69) is 20.7 Å². The van der Waals surface area contributed by atoms with E-state index in [1.54, 1.807) is 18.2 Å². The summed E-state index contributed by atoms with van der Waals surface area (Å²) < 4.78 is 32.2. The smallest absolute Gasteiger partial charge is 0.307 e. The number of hydrogen-bond donors (Lipinski definition) is 1. The van der Waals surface area contributed by atoms with Crippen molar-refractivity contribution in [2.45, 2.75) is 17.9 Å². The molecule has 0 heterocycles. The standard InChI is InChI=1S/C16H16BrNO4S/c17-14-8-4-5-9-15(14)23(20,21)18-11-10-16(19)22-12-13-6-2-1-3-7-13/h1-9,18H,10-12H2. The number of benzene rings is 2. The van der Waals surface area contributed by atoms with Crippen molar-refractivity contribution in [3.8, 4) is 0 Å². The van der Waals surface area contributed by atoms with Gasteiger partial charge in [0, 0.05) is 11.0 Å². The first-order valence-electron chi connectivity index (χ1n) is 6.93. The van der Waals surface area contributed by atoms with E-state index in [1.807, 2.05) is 30.3 Å². The van der Waals surface area contributed by atoms with E-state index in [1.165, 1.54) is 6.07 Å². The van der Waals surface area contributed by atoms with E-state index in [0.717, 1.165) is 5.56 Å². The normalized spacial score (nSPS) is 11.2. The van der Waals surface area contributed by atoms with Crippen molar-refractivity contribution in [2.24, 2.45) is 0 Å². The highest BCUT2D eigenvalue weighted by Gasteiger charge is 2.17. The summed E-state index contributed by atoms with van der Waals surface area (Å²) in [7, 11) is -3.66. The van der Waals surface area contributed by atoms with Gasteiger partial charge in [0.15, 0.2) is 0 Å². The number of hydrogen-bond acceptors (Lipinski definition) is 4. The highest BCUT2D eigenvalue weighted by molar-refractivity contribution is 9.10. The Bertz CT molecular complexity index is 763. The molecule has 0 atom stereocenters. The first-order chi connectivity index (χ1) is 11.0. The van der Waals surface area contributed by atoms with Crippen LogP contribution in [0, 0.1) is 0 Å². The molecular weight excluding hydrogens is 382 g/mol. The van der Waals surface area contributed by atoms with Crippen LogP contribution >= 0.6 is 15.9 Å². The maximum absolute atomic E-state index is 12.1. The molecule has 2 aromatic rings. The van der Waals surface area contributed by atoms with Crippen molar-refractivity contribution in [1.29, 1.82) is 0 Å². The van der Waals surface area contributed by atoms with Gasteiger partial charge in [0.1, 0.15) is 6.61 Å². The van der Waals surface area contributed by atoms with Crippen LogP contribution in [0.5, 0.6) is 0 Å². The van der Waals surface area contributed by atoms with Crippen LogP contribution in [0.3, 0.4) is 0 Å². The average Bonchev–Trinajstić information content (AvgIpc) is 2.54. The van der Waals surface area contributed by atoms with Crippen LogP contribution in [0.25, 0.3) is 0 Å². The Hall–Kier alpha value is -1.70. The van der Waals surface area contributed by atoms with Crippen LogP contribution in [0.15, 0.2) is 64.0 Å². The first-order valence-corrected chi connectivity index (χ1v) is 9.20. The van der Waals surface area contributed by atoms with Gasteiger partial charge in [-0.3, -0.25) is 4.79 Å². The van der Waals surface area contributed by atoms with Gasteiger partial charge in [-0.05, 0) is 33.6 Å². The van der Waals surface area contributed by atoms with Gasteiger partial charge < -0.3 is 4.74 Å². The third kappa shape index (κ3) is 5.46. The number of sulfonamides is 1. The SMILES string of the molecule is O=C(CCNS(=O)(=O)c1ccccc1Br)OCc1ccccc1. The van der Waals surface area contributed by atoms with Gasteiger partial charge >= 0.3 is 5.97 Å². The predicted molar refractivity (Wildman–Crippen MR) is 90.2 cm³/mol. The molecule has 0 saturated carbocycles. The zero-order chi connectivity index (χ0) is 16.7. The number of carbonyl (C=O) groups is 1. The Morgan fingerprint density at radius 1 is 1.04 bits per heavy atom. The summed E-state index contributed by atoms with van der Waals surface area (Å²) in [6, 6.07) is 15.8. The van der Waals surface area contributed by atoms with Crippen molar-refractivity contribution in [3.63, 3.8) is 0 Å². The monoisotopic (exact) mass is 397 g/mol. The largest absolute Gasteiger partial charge is 0.461 e. The van der Waals surface area contributed by atoms with E-state index in [0.29, 0.717) is 4.47 Å². The van der Waals surface area contributed by atoms with Crippen LogP contribution in [0.1, 0.15) is 12.0 Å². The molecule has 0 aliphatic heterocycles. The Morgan fingerprint density at radius 2 is 1.70 bits per heavy atom. The van der Waals surface area contributed by atoms with E-state index < -0.39 is 16.0 Å². The second-order valence-corrected chi connectivity index (χ2v) is 7.31. The molecule has 23 heavy (non-hydrogen) atoms. The topological polar surface area (TPSA) is 72.5 Å². The lowest BCUT2D eigenvalue weighted by Crippen LogP contribution is -2.27. The Morgan fingerprint density at radius 3 is 2.39 bits per heavy atom. The number of rotatable bonds is 7. The average molecular weight is 398 g/mol. The Labute approximate surface area is 143 Å². The molecule has 122 valence electrons. The zero-order valence-corrected chi connectivity index (χ0v) is 14.6. The number of carbonyl (C=O) groups excluding carboxylic acids is 1. The third-order valence-electron chi connectivity index (χ3n) is 2.99. The van der Waals surface area contributed by atoms with E-state index in [9.17, 15) is 13.2 Å². The molecule has 0 saturated heterocycles. The molecule has 0 aliphatic rings. The molecule has 7 heteroatoms. The molecule has 2 aromatic carbocycles. The lowest BCUT2D eigenvalue weighted by atomic mass is 10.2. The summed E-state index contributed by atoms with van der Waals surface area (Å²) in [6.07, 6.45) is -0.0312. The van der Waals surface area contributed by atoms with Crippen LogP contribution in [-0.2, 0) is 26.2 Å². The molecule has 0 aliphatic carbocycles. The summed E-state index contributed by atoms with van der Waals surface area (Å²) in [5.74, 6) is -0.455. The quantitative estimate of drug-likeness (QED) is 0.728. The predicted octanol–water partition coefficient (Wildman–Crippen LogP) is 2.86. The van der Waals surface area contributed by atoms with E-state index in [-0.39, 0.29) is 24.5 Å². The third-order valence-corrected chi connectivity index (χ3v) is 5.46. The van der Waals surface area contributed by atoms with Crippen molar-refractivity contribution in [2.75, 3.05) is 6.54 Å². The van der Waals surface area contributed by atoms with Gasteiger partial charge in [-0.15, -0.1) is 0 Å². The Kier molecular flexibility index (Phi) is 6.32. The van der Waals surface area contributed by atoms with Crippen LogP contribution < -0.4 is 4.72 Å². The van der Waals surface area contributed by atoms with E-state index >= 15 is 0 Å². The number of esters is 1. The summed E-state index contributed by atoms with van der Waals surface area (Å²) in [5, 5.41) is 0. The first kappa shape index (κ1) is 17.7. The molecule has 5 nitrogen and oxygen atoms in total. The van der Waals surface area contributed by atoms with Gasteiger partial charge in [-0.1, -0.05) is 42.5 Å². The lowest BCUT2D eigenvalue weighted by molar-refractivity contribution is -0.144. The van der Waals surface area contributed by atoms with Crippen LogP contribution in [-0.4, -0.2) is 20.9 Å². The van der Waals surface area contributed by atoms with Gasteiger partial charge in [0.25, 0.3) is 0 Å². The lowest BCUT2D eigenvalue weighted by Gasteiger charge is -2.08. The molecule has 0 unspecified atom stereocenters. The van der Waals surface area contributed by atoms with Gasteiger partial charge in [0.05, 0.1) is 11.3 Å². The van der Waals surface area contributed by atoms with Crippen molar-refractivity contribution >= 4 is 31.9 Å². The van der Waals surface area contributed by atoms with Gasteiger partial charge in [-0.2, -0.15) is 0 Å². The van der Waals surface area contributed by atoms with Crippen molar-refractivity contribution < 1.29 is 17.9 Å². The fourth-order valence-corrected chi connectivity index (χ4v) is 3.87. The minimum Gasteiger partial charge on any atom is -0.461 e. The summed E-state index contributed by atoms with van der Waals surface area (Å²) >= 11 is 3.19. The maximum atomic E-state index is 12.1. The van der Waals surface area contributed by atoms with E-state index in [4.69, 9.17) is 4.74 Å². The van der Waals surface area contributed by atoms with Crippen LogP contribution in [0.2, 0.25) is 0 Å².